The largest absolute Gasteiger partial charge is 0.392 e. The van der Waals surface area contributed by atoms with E-state index < -0.39 is 15.5 Å². The van der Waals surface area contributed by atoms with Crippen LogP contribution in [0.15, 0.2) is 29.2 Å². The molecule has 2 aliphatic rings. The molecule has 7 heteroatoms. The lowest BCUT2D eigenvalue weighted by Gasteiger charge is -2.33. The van der Waals surface area contributed by atoms with Crippen molar-refractivity contribution in [2.45, 2.75) is 76.2 Å². The minimum atomic E-state index is -4.04. The molecule has 0 amide bonds. The van der Waals surface area contributed by atoms with Crippen molar-refractivity contribution < 1.29 is 22.9 Å². The molecule has 3 rings (SSSR count). The Hall–Kier alpha value is -1.39. The zero-order valence-electron chi connectivity index (χ0n) is 18.1. The van der Waals surface area contributed by atoms with Gasteiger partial charge in [0.1, 0.15) is 4.90 Å². The van der Waals surface area contributed by atoms with Crippen LogP contribution in [0.3, 0.4) is 0 Å². The number of aliphatic hydroxyl groups is 1. The summed E-state index contributed by atoms with van der Waals surface area (Å²) in [7, 11) is -4.04. The third kappa shape index (κ3) is 8.23. The number of rotatable bonds is 1. The van der Waals surface area contributed by atoms with Crippen LogP contribution in [0, 0.1) is 39.1 Å². The molecule has 1 aromatic carbocycles. The van der Waals surface area contributed by atoms with Crippen molar-refractivity contribution in [3.63, 3.8) is 0 Å². The highest BCUT2D eigenvalue weighted by atomic mass is 127. The van der Waals surface area contributed by atoms with Crippen molar-refractivity contribution in [3.05, 3.63) is 27.8 Å². The van der Waals surface area contributed by atoms with E-state index in [1.54, 1.807) is 18.2 Å². The zero-order chi connectivity index (χ0) is 23.7. The third-order valence-electron chi connectivity index (χ3n) is 5.87. The summed E-state index contributed by atoms with van der Waals surface area (Å²) < 4.78 is 30.4. The highest BCUT2D eigenvalue weighted by molar-refractivity contribution is 14.1. The van der Waals surface area contributed by atoms with Crippen LogP contribution in [-0.4, -0.2) is 30.0 Å². The maximum atomic E-state index is 11.2. The molecule has 0 bridgehead atoms. The van der Waals surface area contributed by atoms with Crippen LogP contribution in [0.5, 0.6) is 0 Å². The van der Waals surface area contributed by atoms with E-state index in [1.165, 1.54) is 6.07 Å². The number of aliphatic hydroxyl groups excluding tert-OH is 1. The smallest absolute Gasteiger partial charge is 0.295 e. The molecule has 0 heterocycles. The fraction of sp³-hybridized carbons (Fsp3) is 0.542. The summed E-state index contributed by atoms with van der Waals surface area (Å²) in [5.41, 5.74) is -0.670. The van der Waals surface area contributed by atoms with Crippen LogP contribution in [0.4, 0.5) is 0 Å². The maximum absolute atomic E-state index is 11.2. The van der Waals surface area contributed by atoms with Crippen LogP contribution >= 0.6 is 22.6 Å². The Kier molecular flexibility index (Phi) is 10.7. The molecule has 1 aromatic rings. The topological polar surface area (TPSA) is 91.7 Å². The van der Waals surface area contributed by atoms with Crippen LogP contribution in [-0.2, 0) is 14.9 Å². The quantitative estimate of drug-likeness (QED) is 0.292. The minimum absolute atomic E-state index is 0.0411. The molecule has 0 aliphatic heterocycles. The molecule has 2 aliphatic carbocycles. The molecule has 3 atom stereocenters. The van der Waals surface area contributed by atoms with E-state index in [1.807, 2.05) is 36.4 Å². The molecule has 31 heavy (non-hydrogen) atoms. The van der Waals surface area contributed by atoms with E-state index in [2.05, 4.69) is 11.8 Å². The Morgan fingerprint density at radius 3 is 2.06 bits per heavy atom. The maximum Gasteiger partial charge on any atom is 0.295 e. The summed E-state index contributed by atoms with van der Waals surface area (Å²) >= 11 is 1.85. The van der Waals surface area contributed by atoms with Crippen molar-refractivity contribution in [3.8, 4) is 24.7 Å². The van der Waals surface area contributed by atoms with E-state index in [0.29, 0.717) is 9.99 Å². The molecule has 0 unspecified atom stereocenters. The van der Waals surface area contributed by atoms with Gasteiger partial charge in [0.15, 0.2) is 5.78 Å². The van der Waals surface area contributed by atoms with Gasteiger partial charge >= 0.3 is 0 Å². The average Bonchev–Trinajstić information content (AvgIpc) is 2.73. The predicted molar refractivity (Wildman–Crippen MR) is 131 cm³/mol. The van der Waals surface area contributed by atoms with Crippen LogP contribution in [0.1, 0.15) is 65.2 Å². The van der Waals surface area contributed by atoms with Crippen molar-refractivity contribution in [2.75, 3.05) is 0 Å². The highest BCUT2D eigenvalue weighted by Gasteiger charge is 2.33. The van der Waals surface area contributed by atoms with Gasteiger partial charge in [0.05, 0.1) is 16.9 Å². The Bertz CT molecular complexity index is 943. The molecule has 0 aromatic heterocycles. The number of benzene rings is 1. The van der Waals surface area contributed by atoms with Crippen LogP contribution < -0.4 is 0 Å². The fourth-order valence-electron chi connectivity index (χ4n) is 3.47. The standard InChI is InChI=1S/C9H14O.C9H12O.C6H5IO3S/c2*1-3-9(2)7-5-4-6-8(9)10;7-5-3-1-2-4-6(5)11(8,9)10/h1,8,10H,4-7H2,2H3;1H,4-7H2,2H3;1-4H,(H,8,9,10)/t8-,9+;9-;/m10./s1. The van der Waals surface area contributed by atoms with E-state index in [4.69, 9.17) is 17.4 Å². The van der Waals surface area contributed by atoms with Crippen LogP contribution in [0.2, 0.25) is 0 Å². The lowest BCUT2D eigenvalue weighted by Crippen LogP contribution is -2.33. The first-order valence-corrected chi connectivity index (χ1v) is 12.8. The van der Waals surface area contributed by atoms with Gasteiger partial charge in [-0.25, -0.2) is 0 Å². The molecular formula is C24H31IO5S. The second-order valence-electron chi connectivity index (χ2n) is 8.34. The summed E-state index contributed by atoms with van der Waals surface area (Å²) in [6.45, 7) is 3.84. The Morgan fingerprint density at radius 2 is 1.68 bits per heavy atom. The summed E-state index contributed by atoms with van der Waals surface area (Å²) in [4.78, 5) is 11.2. The monoisotopic (exact) mass is 558 g/mol. The van der Waals surface area contributed by atoms with Gasteiger partial charge in [0.2, 0.25) is 0 Å². The highest BCUT2D eigenvalue weighted by Crippen LogP contribution is 2.35. The summed E-state index contributed by atoms with van der Waals surface area (Å²) in [6, 6.07) is 6.24. The van der Waals surface area contributed by atoms with Gasteiger partial charge in [0.25, 0.3) is 10.1 Å². The first-order valence-electron chi connectivity index (χ1n) is 10.3. The molecule has 170 valence electrons. The molecule has 2 saturated carbocycles. The van der Waals surface area contributed by atoms with Gasteiger partial charge in [-0.05, 0) is 74.3 Å². The Labute approximate surface area is 200 Å². The van der Waals surface area contributed by atoms with Gasteiger partial charge in [-0.15, -0.1) is 12.8 Å². The van der Waals surface area contributed by atoms with Gasteiger partial charge in [0, 0.05) is 9.99 Å². The Balaban J connectivity index is 0.000000233. The fourth-order valence-corrected chi connectivity index (χ4v) is 5.26. The zero-order valence-corrected chi connectivity index (χ0v) is 21.1. The number of ketones is 1. The first-order chi connectivity index (χ1) is 14.4. The molecular weight excluding hydrogens is 527 g/mol. The minimum Gasteiger partial charge on any atom is -0.392 e. The number of hydrogen-bond donors (Lipinski definition) is 2. The summed E-state index contributed by atoms with van der Waals surface area (Å²) in [5, 5.41) is 9.49. The SMILES string of the molecule is C#C[C@@]1(C)CCCCC1=O.C#C[C@@]1(C)CCCC[C@H]1O.O=S(=O)(O)c1ccccc1I. The molecule has 2 N–H and O–H groups in total. The second kappa shape index (κ2) is 12.0. The van der Waals surface area contributed by atoms with Crippen molar-refractivity contribution in [1.29, 1.82) is 0 Å². The number of halogens is 1. The number of carbonyl (C=O) groups is 1. The molecule has 2 fully saturated rings. The first kappa shape index (κ1) is 27.6. The van der Waals surface area contributed by atoms with Crippen molar-refractivity contribution in [2.24, 2.45) is 10.8 Å². The molecule has 0 saturated heterocycles. The van der Waals surface area contributed by atoms with Crippen molar-refractivity contribution >= 4 is 38.5 Å². The lowest BCUT2D eigenvalue weighted by atomic mass is 9.74. The number of terminal acetylenes is 2. The number of hydrogen-bond acceptors (Lipinski definition) is 4. The number of carbonyl (C=O) groups excluding carboxylic acids is 1. The van der Waals surface area contributed by atoms with Crippen LogP contribution in [0.25, 0.3) is 0 Å². The molecule has 0 radical (unpaired) electrons. The van der Waals surface area contributed by atoms with E-state index in [0.717, 1.165) is 44.9 Å². The normalized spacial score (nSPS) is 28.0. The Morgan fingerprint density at radius 1 is 1.06 bits per heavy atom. The molecule has 0 spiro atoms. The summed E-state index contributed by atoms with van der Waals surface area (Å²) in [6.07, 6.45) is 18.1. The third-order valence-corrected chi connectivity index (χ3v) is 8.09. The van der Waals surface area contributed by atoms with E-state index in [-0.39, 0.29) is 22.2 Å². The van der Waals surface area contributed by atoms with Gasteiger partial charge in [-0.2, -0.15) is 8.42 Å². The van der Waals surface area contributed by atoms with E-state index in [9.17, 15) is 18.3 Å². The average molecular weight is 558 g/mol. The lowest BCUT2D eigenvalue weighted by molar-refractivity contribution is -0.127. The molecule has 5 nitrogen and oxygen atoms in total. The van der Waals surface area contributed by atoms with Gasteiger partial charge in [-0.3, -0.25) is 9.35 Å². The summed E-state index contributed by atoms with van der Waals surface area (Å²) in [5.74, 6) is 5.51. The van der Waals surface area contributed by atoms with E-state index >= 15 is 0 Å². The van der Waals surface area contributed by atoms with Gasteiger partial charge in [-0.1, -0.05) is 43.2 Å². The predicted octanol–water partition coefficient (Wildman–Crippen LogP) is 4.87. The van der Waals surface area contributed by atoms with Crippen molar-refractivity contribution in [1.82, 2.24) is 0 Å². The van der Waals surface area contributed by atoms with Gasteiger partial charge < -0.3 is 5.11 Å². The number of Topliss-reactive ketones (excluding diaryl/α,β-unsaturated/α-hetero) is 1. The second-order valence-corrected chi connectivity index (χ2v) is 10.9.